The number of phenolic OH excluding ortho intramolecular Hbond substituents is 1. The molecule has 0 aliphatic carbocycles. The van der Waals surface area contributed by atoms with Gasteiger partial charge in [-0.25, -0.2) is 9.59 Å². The third-order valence-corrected chi connectivity index (χ3v) is 3.46. The molecule has 0 saturated carbocycles. The van der Waals surface area contributed by atoms with Crippen LogP contribution in [0.5, 0.6) is 5.75 Å². The van der Waals surface area contributed by atoms with Crippen molar-refractivity contribution in [1.29, 1.82) is 0 Å². The fraction of sp³-hybridized carbons (Fsp3) is 0.375. The predicted molar refractivity (Wildman–Crippen MR) is 79.2 cm³/mol. The molecule has 0 aromatic heterocycles. The number of cyclic esters (lactones) is 1. The van der Waals surface area contributed by atoms with E-state index in [1.165, 1.54) is 24.3 Å². The number of carbonyl (C=O) groups excluding carboxylic acids is 2. The van der Waals surface area contributed by atoms with E-state index in [0.29, 0.717) is 5.56 Å². The highest BCUT2D eigenvalue weighted by atomic mass is 16.6. The molecular weight excluding hydrogens is 304 g/mol. The molecule has 3 N–H and O–H groups in total. The van der Waals surface area contributed by atoms with E-state index in [9.17, 15) is 14.7 Å². The SMILES string of the molecule is O=C(/C=C/c1ccc(O)cc1)OCC1C[C@@](O)(CCO)C(=O)O1. The van der Waals surface area contributed by atoms with Gasteiger partial charge in [0.1, 0.15) is 18.5 Å². The van der Waals surface area contributed by atoms with Crippen molar-refractivity contribution in [2.45, 2.75) is 24.5 Å². The van der Waals surface area contributed by atoms with Gasteiger partial charge in [-0.15, -0.1) is 0 Å². The monoisotopic (exact) mass is 322 g/mol. The molecule has 1 aromatic carbocycles. The highest BCUT2D eigenvalue weighted by molar-refractivity contribution is 5.87. The van der Waals surface area contributed by atoms with Gasteiger partial charge in [0, 0.05) is 25.5 Å². The maximum absolute atomic E-state index is 11.6. The summed E-state index contributed by atoms with van der Waals surface area (Å²) in [5, 5.41) is 27.9. The third-order valence-electron chi connectivity index (χ3n) is 3.46. The van der Waals surface area contributed by atoms with E-state index in [4.69, 9.17) is 19.7 Å². The smallest absolute Gasteiger partial charge is 0.338 e. The van der Waals surface area contributed by atoms with Crippen LogP contribution in [-0.4, -0.2) is 52.2 Å². The molecule has 0 spiro atoms. The molecule has 0 amide bonds. The number of aromatic hydroxyl groups is 1. The maximum atomic E-state index is 11.6. The molecule has 2 atom stereocenters. The van der Waals surface area contributed by atoms with E-state index in [2.05, 4.69) is 0 Å². The zero-order valence-electron chi connectivity index (χ0n) is 12.3. The molecule has 7 nitrogen and oxygen atoms in total. The van der Waals surface area contributed by atoms with Crippen LogP contribution >= 0.6 is 0 Å². The Morgan fingerprint density at radius 1 is 1.39 bits per heavy atom. The number of ether oxygens (including phenoxy) is 2. The van der Waals surface area contributed by atoms with Crippen molar-refractivity contribution >= 4 is 18.0 Å². The van der Waals surface area contributed by atoms with Gasteiger partial charge in [-0.2, -0.15) is 0 Å². The molecule has 23 heavy (non-hydrogen) atoms. The minimum atomic E-state index is -1.71. The number of rotatable bonds is 6. The number of phenols is 1. The Balaban J connectivity index is 1.81. The van der Waals surface area contributed by atoms with Crippen LogP contribution in [0.4, 0.5) is 0 Å². The Kier molecular flexibility index (Phi) is 5.36. The number of aliphatic hydroxyl groups excluding tert-OH is 1. The first kappa shape index (κ1) is 17.0. The summed E-state index contributed by atoms with van der Waals surface area (Å²) >= 11 is 0. The Morgan fingerprint density at radius 2 is 2.09 bits per heavy atom. The summed E-state index contributed by atoms with van der Waals surface area (Å²) in [6.45, 7) is -0.508. The van der Waals surface area contributed by atoms with E-state index in [1.54, 1.807) is 12.1 Å². The molecule has 0 bridgehead atoms. The molecule has 7 heteroatoms. The number of carbonyl (C=O) groups is 2. The lowest BCUT2D eigenvalue weighted by molar-refractivity contribution is -0.158. The standard InChI is InChI=1S/C16H18O7/c17-8-7-16(21)9-13(23-15(16)20)10-22-14(19)6-3-11-1-4-12(18)5-2-11/h1-6,13,17-18,21H,7-10H2/b6-3+/t13?,16-/m0/s1. The quantitative estimate of drug-likeness (QED) is 0.512. The van der Waals surface area contributed by atoms with Crippen LogP contribution in [0, 0.1) is 0 Å². The fourth-order valence-corrected chi connectivity index (χ4v) is 2.22. The van der Waals surface area contributed by atoms with E-state index in [1.807, 2.05) is 0 Å². The Bertz CT molecular complexity index is 593. The summed E-state index contributed by atoms with van der Waals surface area (Å²) in [6, 6.07) is 6.25. The lowest BCUT2D eigenvalue weighted by Crippen LogP contribution is -2.35. The van der Waals surface area contributed by atoms with Gasteiger partial charge < -0.3 is 24.8 Å². The molecular formula is C16H18O7. The maximum Gasteiger partial charge on any atom is 0.338 e. The second-order valence-corrected chi connectivity index (χ2v) is 5.29. The third kappa shape index (κ3) is 4.54. The molecule has 1 aliphatic heterocycles. The average molecular weight is 322 g/mol. The van der Waals surface area contributed by atoms with Crippen LogP contribution < -0.4 is 0 Å². The zero-order valence-corrected chi connectivity index (χ0v) is 12.3. The van der Waals surface area contributed by atoms with Crippen molar-refractivity contribution in [2.75, 3.05) is 13.2 Å². The molecule has 1 aliphatic rings. The summed E-state index contributed by atoms with van der Waals surface area (Å²) in [5.41, 5.74) is -1.00. The molecule has 1 unspecified atom stereocenters. The molecule has 1 aromatic rings. The lowest BCUT2D eigenvalue weighted by atomic mass is 9.96. The highest BCUT2D eigenvalue weighted by Crippen LogP contribution is 2.28. The summed E-state index contributed by atoms with van der Waals surface area (Å²) in [5.74, 6) is -1.30. The summed E-state index contributed by atoms with van der Waals surface area (Å²) in [4.78, 5) is 23.1. The first-order chi connectivity index (χ1) is 10.9. The normalized spacial score (nSPS) is 23.9. The van der Waals surface area contributed by atoms with E-state index in [0.717, 1.165) is 0 Å². The number of benzene rings is 1. The summed E-state index contributed by atoms with van der Waals surface area (Å²) < 4.78 is 9.89. The Morgan fingerprint density at radius 3 is 2.74 bits per heavy atom. The van der Waals surface area contributed by atoms with Crippen molar-refractivity contribution in [3.8, 4) is 5.75 Å². The minimum Gasteiger partial charge on any atom is -0.508 e. The van der Waals surface area contributed by atoms with E-state index >= 15 is 0 Å². The van der Waals surface area contributed by atoms with Crippen LogP contribution in [0.25, 0.3) is 6.08 Å². The van der Waals surface area contributed by atoms with Crippen LogP contribution in [0.2, 0.25) is 0 Å². The van der Waals surface area contributed by atoms with E-state index < -0.39 is 23.6 Å². The van der Waals surface area contributed by atoms with E-state index in [-0.39, 0.29) is 31.8 Å². The first-order valence-electron chi connectivity index (χ1n) is 7.11. The zero-order chi connectivity index (χ0) is 16.9. The van der Waals surface area contributed by atoms with Crippen LogP contribution in [0.3, 0.4) is 0 Å². The topological polar surface area (TPSA) is 113 Å². The van der Waals surface area contributed by atoms with Crippen molar-refractivity contribution in [2.24, 2.45) is 0 Å². The molecule has 1 fully saturated rings. The number of hydrogen-bond acceptors (Lipinski definition) is 7. The molecule has 1 saturated heterocycles. The number of hydrogen-bond donors (Lipinski definition) is 3. The van der Waals surface area contributed by atoms with Gasteiger partial charge in [0.15, 0.2) is 5.60 Å². The average Bonchev–Trinajstić information content (AvgIpc) is 2.79. The number of aliphatic hydroxyl groups is 2. The molecule has 124 valence electrons. The van der Waals surface area contributed by atoms with Gasteiger partial charge in [0.25, 0.3) is 0 Å². The predicted octanol–water partition coefficient (Wildman–Crippen LogP) is 0.378. The summed E-state index contributed by atoms with van der Waals surface area (Å²) in [6.07, 6.45) is 1.86. The van der Waals surface area contributed by atoms with Crippen LogP contribution in [-0.2, 0) is 19.1 Å². The van der Waals surface area contributed by atoms with Gasteiger partial charge >= 0.3 is 11.9 Å². The van der Waals surface area contributed by atoms with Crippen molar-refractivity contribution < 1.29 is 34.4 Å². The second-order valence-electron chi connectivity index (χ2n) is 5.29. The second kappa shape index (κ2) is 7.26. The van der Waals surface area contributed by atoms with Crippen molar-refractivity contribution in [3.63, 3.8) is 0 Å². The fourth-order valence-electron chi connectivity index (χ4n) is 2.22. The van der Waals surface area contributed by atoms with Gasteiger partial charge in [0.2, 0.25) is 0 Å². The molecule has 1 heterocycles. The van der Waals surface area contributed by atoms with Crippen molar-refractivity contribution in [1.82, 2.24) is 0 Å². The van der Waals surface area contributed by atoms with Crippen LogP contribution in [0.15, 0.2) is 30.3 Å². The number of esters is 2. The highest BCUT2D eigenvalue weighted by Gasteiger charge is 2.47. The van der Waals surface area contributed by atoms with Gasteiger partial charge in [-0.3, -0.25) is 0 Å². The molecule has 2 rings (SSSR count). The lowest BCUT2D eigenvalue weighted by Gasteiger charge is -2.15. The van der Waals surface area contributed by atoms with Crippen molar-refractivity contribution in [3.05, 3.63) is 35.9 Å². The Hall–Kier alpha value is -2.38. The van der Waals surface area contributed by atoms with Gasteiger partial charge in [-0.1, -0.05) is 12.1 Å². The van der Waals surface area contributed by atoms with Gasteiger partial charge in [0.05, 0.1) is 0 Å². The summed E-state index contributed by atoms with van der Waals surface area (Å²) in [7, 11) is 0. The molecule has 0 radical (unpaired) electrons. The first-order valence-corrected chi connectivity index (χ1v) is 7.11. The van der Waals surface area contributed by atoms with Crippen LogP contribution in [0.1, 0.15) is 18.4 Å². The minimum absolute atomic E-state index is 0.0264. The largest absolute Gasteiger partial charge is 0.508 e. The van der Waals surface area contributed by atoms with Gasteiger partial charge in [-0.05, 0) is 23.8 Å². The Labute approximate surface area is 132 Å².